The number of carboxylic acid groups (broad SMARTS) is 1. The normalized spacial score (nSPS) is 19.0. The molecule has 0 saturated heterocycles. The quantitative estimate of drug-likeness (QED) is 0.381. The summed E-state index contributed by atoms with van der Waals surface area (Å²) < 4.78 is 40.7. The second-order valence-corrected chi connectivity index (χ2v) is 9.29. The highest BCUT2D eigenvalue weighted by molar-refractivity contribution is 14.1. The van der Waals surface area contributed by atoms with Crippen LogP contribution >= 0.6 is 34.4 Å². The average Bonchev–Trinajstić information content (AvgIpc) is 2.68. The Morgan fingerprint density at radius 2 is 1.66 bits per heavy atom. The molecule has 3 rings (SSSR count). The van der Waals surface area contributed by atoms with Crippen LogP contribution in [0.1, 0.15) is 36.0 Å². The summed E-state index contributed by atoms with van der Waals surface area (Å²) in [5.74, 6) is -5.96. The third kappa shape index (κ3) is 5.44. The highest BCUT2D eigenvalue weighted by atomic mass is 127. The molecule has 2 aromatic carbocycles. The molecule has 1 amide bonds. The monoisotopic (exact) mass is 535 g/mol. The van der Waals surface area contributed by atoms with Crippen molar-refractivity contribution in [1.82, 2.24) is 0 Å². The molecule has 29 heavy (non-hydrogen) atoms. The van der Waals surface area contributed by atoms with Crippen LogP contribution in [0, 0.1) is 26.9 Å². The predicted octanol–water partition coefficient (Wildman–Crippen LogP) is 5.70. The molecule has 9 heteroatoms. The van der Waals surface area contributed by atoms with Crippen molar-refractivity contribution in [2.45, 2.75) is 35.8 Å². The molecule has 4 nitrogen and oxygen atoms in total. The maximum atomic E-state index is 13.3. The van der Waals surface area contributed by atoms with Crippen LogP contribution in [-0.4, -0.2) is 22.2 Å². The van der Waals surface area contributed by atoms with Gasteiger partial charge in [-0.15, -0.1) is 11.8 Å². The number of hydrogen-bond acceptors (Lipinski definition) is 3. The second-order valence-electron chi connectivity index (χ2n) is 6.78. The zero-order valence-corrected chi connectivity index (χ0v) is 18.0. The average molecular weight is 535 g/mol. The Morgan fingerprint density at radius 1 is 1.03 bits per heavy atom. The molecular weight excluding hydrogens is 518 g/mol. The summed E-state index contributed by atoms with van der Waals surface area (Å²) >= 11 is 3.76. The van der Waals surface area contributed by atoms with Gasteiger partial charge < -0.3 is 10.4 Å². The van der Waals surface area contributed by atoms with Crippen LogP contribution in [0.5, 0.6) is 0 Å². The molecule has 0 unspecified atom stereocenters. The molecular formula is C20H17F3INO3S. The van der Waals surface area contributed by atoms with Gasteiger partial charge in [0.15, 0.2) is 17.5 Å². The molecule has 0 aliphatic heterocycles. The van der Waals surface area contributed by atoms with Crippen LogP contribution < -0.4 is 5.32 Å². The third-order valence-corrected chi connectivity index (χ3v) is 7.46. The van der Waals surface area contributed by atoms with E-state index in [4.69, 9.17) is 5.11 Å². The van der Waals surface area contributed by atoms with Crippen molar-refractivity contribution in [3.8, 4) is 0 Å². The van der Waals surface area contributed by atoms with E-state index in [1.807, 2.05) is 0 Å². The lowest BCUT2D eigenvalue weighted by molar-refractivity contribution is -0.142. The first-order valence-corrected chi connectivity index (χ1v) is 10.9. The number of hydrogen-bond donors (Lipinski definition) is 2. The van der Waals surface area contributed by atoms with Gasteiger partial charge in [-0.1, -0.05) is 0 Å². The van der Waals surface area contributed by atoms with Crippen molar-refractivity contribution in [1.29, 1.82) is 0 Å². The van der Waals surface area contributed by atoms with Crippen LogP contribution in [0.4, 0.5) is 18.9 Å². The Hall–Kier alpha value is -1.75. The summed E-state index contributed by atoms with van der Waals surface area (Å²) in [4.78, 5) is 24.4. The molecule has 2 N–H and O–H groups in total. The van der Waals surface area contributed by atoms with E-state index in [9.17, 15) is 22.8 Å². The fraction of sp³-hybridized carbons (Fsp3) is 0.300. The van der Waals surface area contributed by atoms with E-state index in [2.05, 4.69) is 27.9 Å². The summed E-state index contributed by atoms with van der Waals surface area (Å²) in [5.41, 5.74) is 0.128. The topological polar surface area (TPSA) is 66.4 Å². The lowest BCUT2D eigenvalue weighted by Gasteiger charge is -2.26. The Labute approximate surface area is 183 Å². The van der Waals surface area contributed by atoms with Crippen LogP contribution in [0.25, 0.3) is 0 Å². The minimum atomic E-state index is -1.59. The lowest BCUT2D eigenvalue weighted by atomic mass is 9.89. The molecule has 0 radical (unpaired) electrons. The number of amides is 1. The van der Waals surface area contributed by atoms with Gasteiger partial charge in [0, 0.05) is 37.1 Å². The molecule has 2 aromatic rings. The smallest absolute Gasteiger partial charge is 0.306 e. The summed E-state index contributed by atoms with van der Waals surface area (Å²) in [6, 6.07) is 6.51. The zero-order valence-electron chi connectivity index (χ0n) is 15.1. The molecule has 0 atom stereocenters. The third-order valence-electron chi connectivity index (χ3n) is 4.75. The Kier molecular flexibility index (Phi) is 7.10. The highest BCUT2D eigenvalue weighted by Crippen LogP contribution is 2.38. The number of benzene rings is 2. The molecule has 1 fully saturated rings. The van der Waals surface area contributed by atoms with Crippen molar-refractivity contribution >= 4 is 51.9 Å². The summed E-state index contributed by atoms with van der Waals surface area (Å²) in [6.07, 6.45) is 2.82. The number of carboxylic acids is 1. The van der Waals surface area contributed by atoms with Gasteiger partial charge in [-0.25, -0.2) is 13.2 Å². The molecule has 0 spiro atoms. The fourth-order valence-corrected chi connectivity index (χ4v) is 5.13. The minimum Gasteiger partial charge on any atom is -0.481 e. The van der Waals surface area contributed by atoms with Crippen molar-refractivity contribution < 1.29 is 27.9 Å². The molecule has 154 valence electrons. The molecule has 0 bridgehead atoms. The number of thioether (sulfide) groups is 1. The van der Waals surface area contributed by atoms with Crippen LogP contribution in [-0.2, 0) is 4.79 Å². The van der Waals surface area contributed by atoms with Gasteiger partial charge in [-0.3, -0.25) is 9.59 Å². The summed E-state index contributed by atoms with van der Waals surface area (Å²) in [6.45, 7) is 0. The van der Waals surface area contributed by atoms with Gasteiger partial charge >= 0.3 is 5.97 Å². The van der Waals surface area contributed by atoms with Crippen LogP contribution in [0.2, 0.25) is 0 Å². The van der Waals surface area contributed by atoms with Gasteiger partial charge in [0.05, 0.1) is 5.92 Å². The summed E-state index contributed by atoms with van der Waals surface area (Å²) in [7, 11) is 0. The first kappa shape index (κ1) is 21.9. The Morgan fingerprint density at radius 3 is 2.24 bits per heavy atom. The standard InChI is InChI=1S/C20H17F3INO3S/c21-14-8-12(9-15(22)18(14)23)25-19(26)11-3-6-16(24)17(7-11)29-13-4-1-10(2-5-13)20(27)28/h3,6-10,13H,1-2,4-5H2,(H,25,26)(H,27,28)/t10-,13+. The number of aliphatic carboxylic acids is 1. The SMILES string of the molecule is O=C(Nc1cc(F)c(F)c(F)c1)c1ccc(I)c(S[C@H]2CC[C@@H](C(=O)O)CC2)c1. The van der Waals surface area contributed by atoms with Crippen LogP contribution in [0.15, 0.2) is 35.2 Å². The van der Waals surface area contributed by atoms with E-state index < -0.39 is 29.3 Å². The number of rotatable bonds is 5. The zero-order chi connectivity index (χ0) is 21.1. The van der Waals surface area contributed by atoms with Crippen molar-refractivity contribution in [2.75, 3.05) is 5.32 Å². The number of carbonyl (C=O) groups excluding carboxylic acids is 1. The Balaban J connectivity index is 1.70. The first-order valence-electron chi connectivity index (χ1n) is 8.89. The van der Waals surface area contributed by atoms with E-state index in [1.165, 1.54) is 0 Å². The lowest BCUT2D eigenvalue weighted by Crippen LogP contribution is -2.22. The van der Waals surface area contributed by atoms with Gasteiger partial charge in [0.2, 0.25) is 0 Å². The van der Waals surface area contributed by atoms with E-state index in [0.717, 1.165) is 33.4 Å². The van der Waals surface area contributed by atoms with E-state index in [-0.39, 0.29) is 16.9 Å². The summed E-state index contributed by atoms with van der Waals surface area (Å²) in [5, 5.41) is 11.7. The highest BCUT2D eigenvalue weighted by Gasteiger charge is 2.27. The van der Waals surface area contributed by atoms with Gasteiger partial charge in [0.25, 0.3) is 5.91 Å². The van der Waals surface area contributed by atoms with Gasteiger partial charge in [0.1, 0.15) is 0 Å². The molecule has 0 aromatic heterocycles. The molecule has 0 heterocycles. The fourth-order valence-electron chi connectivity index (χ4n) is 3.17. The first-order chi connectivity index (χ1) is 13.7. The van der Waals surface area contributed by atoms with Crippen molar-refractivity contribution in [2.24, 2.45) is 5.92 Å². The Bertz CT molecular complexity index is 926. The minimum absolute atomic E-state index is 0.175. The predicted molar refractivity (Wildman–Crippen MR) is 113 cm³/mol. The number of carbonyl (C=O) groups is 2. The number of halogens is 4. The van der Waals surface area contributed by atoms with Gasteiger partial charge in [-0.2, -0.15) is 0 Å². The van der Waals surface area contributed by atoms with E-state index in [0.29, 0.717) is 18.4 Å². The number of nitrogens with one attached hydrogen (secondary N) is 1. The maximum Gasteiger partial charge on any atom is 0.306 e. The number of anilines is 1. The van der Waals surface area contributed by atoms with E-state index >= 15 is 0 Å². The van der Waals surface area contributed by atoms with Gasteiger partial charge in [-0.05, 0) is 66.5 Å². The molecule has 1 aliphatic carbocycles. The van der Waals surface area contributed by atoms with Crippen molar-refractivity contribution in [3.63, 3.8) is 0 Å². The second kappa shape index (κ2) is 9.38. The van der Waals surface area contributed by atoms with E-state index in [1.54, 1.807) is 30.0 Å². The maximum absolute atomic E-state index is 13.3. The molecule has 1 aliphatic rings. The molecule has 1 saturated carbocycles. The van der Waals surface area contributed by atoms with Crippen LogP contribution in [0.3, 0.4) is 0 Å². The van der Waals surface area contributed by atoms with Crippen molar-refractivity contribution in [3.05, 3.63) is 56.9 Å². The largest absolute Gasteiger partial charge is 0.481 e.